The molecule has 2 aromatic carbocycles. The lowest BCUT2D eigenvalue weighted by molar-refractivity contribution is 0.281. The Morgan fingerprint density at radius 2 is 1.89 bits per heavy atom. The minimum absolute atomic E-state index is 0.0425. The third kappa shape index (κ3) is 2.94. The summed E-state index contributed by atoms with van der Waals surface area (Å²) in [5, 5.41) is 9.46. The zero-order valence-corrected chi connectivity index (χ0v) is 10.6. The van der Waals surface area contributed by atoms with Gasteiger partial charge in [0.15, 0.2) is 0 Å². The Balaban J connectivity index is 2.22. The number of ether oxygens (including phenoxy) is 2. The minimum atomic E-state index is -0.0425. The van der Waals surface area contributed by atoms with Crippen LogP contribution in [0.4, 0.5) is 0 Å². The number of halogens is 1. The molecule has 18 heavy (non-hydrogen) atoms. The first-order chi connectivity index (χ1) is 8.72. The fraction of sp³-hybridized carbons (Fsp3) is 0.143. The summed E-state index contributed by atoms with van der Waals surface area (Å²) in [6.07, 6.45) is 0. The molecule has 2 aromatic rings. The SMILES string of the molecule is COc1cccc(Oc2ccc(CO)cc2Cl)c1. The van der Waals surface area contributed by atoms with Gasteiger partial charge in [-0.3, -0.25) is 0 Å². The fourth-order valence-electron chi connectivity index (χ4n) is 1.52. The van der Waals surface area contributed by atoms with Gasteiger partial charge < -0.3 is 14.6 Å². The van der Waals surface area contributed by atoms with Gasteiger partial charge >= 0.3 is 0 Å². The maximum absolute atomic E-state index is 8.99. The van der Waals surface area contributed by atoms with E-state index < -0.39 is 0 Å². The molecule has 0 aromatic heterocycles. The highest BCUT2D eigenvalue weighted by molar-refractivity contribution is 6.32. The predicted octanol–water partition coefficient (Wildman–Crippen LogP) is 3.63. The predicted molar refractivity (Wildman–Crippen MR) is 70.4 cm³/mol. The second-order valence-electron chi connectivity index (χ2n) is 3.70. The molecule has 2 rings (SSSR count). The molecule has 1 N–H and O–H groups in total. The topological polar surface area (TPSA) is 38.7 Å². The van der Waals surface area contributed by atoms with Crippen LogP contribution in [0.15, 0.2) is 42.5 Å². The lowest BCUT2D eigenvalue weighted by Crippen LogP contribution is -1.89. The lowest BCUT2D eigenvalue weighted by Gasteiger charge is -2.09. The number of hydrogen-bond donors (Lipinski definition) is 1. The van der Waals surface area contributed by atoms with Crippen LogP contribution in [0.25, 0.3) is 0 Å². The Morgan fingerprint density at radius 1 is 1.11 bits per heavy atom. The van der Waals surface area contributed by atoms with E-state index in [2.05, 4.69) is 0 Å². The molecule has 0 aliphatic rings. The summed E-state index contributed by atoms with van der Waals surface area (Å²) in [5.41, 5.74) is 0.748. The van der Waals surface area contributed by atoms with Crippen LogP contribution in [0.2, 0.25) is 5.02 Å². The Morgan fingerprint density at radius 3 is 2.56 bits per heavy atom. The molecule has 0 unspecified atom stereocenters. The van der Waals surface area contributed by atoms with Crippen molar-refractivity contribution < 1.29 is 14.6 Å². The van der Waals surface area contributed by atoms with Crippen molar-refractivity contribution in [3.8, 4) is 17.2 Å². The molecule has 0 bridgehead atoms. The molecule has 0 spiro atoms. The van der Waals surface area contributed by atoms with Crippen LogP contribution in [-0.2, 0) is 6.61 Å². The van der Waals surface area contributed by atoms with Gasteiger partial charge in [0.05, 0.1) is 18.7 Å². The van der Waals surface area contributed by atoms with E-state index in [1.54, 1.807) is 31.4 Å². The van der Waals surface area contributed by atoms with Crippen molar-refractivity contribution in [3.05, 3.63) is 53.1 Å². The molecule has 0 aliphatic carbocycles. The molecule has 0 saturated heterocycles. The number of aliphatic hydroxyl groups is 1. The molecule has 94 valence electrons. The molecule has 4 heteroatoms. The highest BCUT2D eigenvalue weighted by Crippen LogP contribution is 2.31. The molecule has 0 aliphatic heterocycles. The first-order valence-electron chi connectivity index (χ1n) is 5.44. The van der Waals surface area contributed by atoms with Crippen LogP contribution in [0.3, 0.4) is 0 Å². The van der Waals surface area contributed by atoms with E-state index in [0.29, 0.717) is 16.5 Å². The Bertz CT molecular complexity index is 540. The van der Waals surface area contributed by atoms with Crippen molar-refractivity contribution in [3.63, 3.8) is 0 Å². The Labute approximate surface area is 111 Å². The van der Waals surface area contributed by atoms with Crippen molar-refractivity contribution in [2.45, 2.75) is 6.61 Å². The number of methoxy groups -OCH3 is 1. The molecule has 0 radical (unpaired) electrons. The average Bonchev–Trinajstić information content (AvgIpc) is 2.41. The molecule has 3 nitrogen and oxygen atoms in total. The van der Waals surface area contributed by atoms with Gasteiger partial charge in [-0.1, -0.05) is 23.7 Å². The van der Waals surface area contributed by atoms with Gasteiger partial charge in [-0.25, -0.2) is 0 Å². The van der Waals surface area contributed by atoms with Crippen LogP contribution in [-0.4, -0.2) is 12.2 Å². The van der Waals surface area contributed by atoms with E-state index in [1.807, 2.05) is 18.2 Å². The smallest absolute Gasteiger partial charge is 0.146 e. The highest BCUT2D eigenvalue weighted by Gasteiger charge is 2.05. The van der Waals surface area contributed by atoms with Gasteiger partial charge in [0.1, 0.15) is 17.2 Å². The average molecular weight is 265 g/mol. The zero-order valence-electron chi connectivity index (χ0n) is 9.89. The first kappa shape index (κ1) is 12.7. The first-order valence-corrected chi connectivity index (χ1v) is 5.82. The maximum Gasteiger partial charge on any atom is 0.146 e. The van der Waals surface area contributed by atoms with E-state index in [0.717, 1.165) is 11.3 Å². The standard InChI is InChI=1S/C14H13ClO3/c1-17-11-3-2-4-12(8-11)18-14-6-5-10(9-16)7-13(14)15/h2-8,16H,9H2,1H3. The summed E-state index contributed by atoms with van der Waals surface area (Å²) in [7, 11) is 1.60. The molecule has 0 fully saturated rings. The van der Waals surface area contributed by atoms with Gasteiger partial charge in [-0.2, -0.15) is 0 Å². The summed E-state index contributed by atoms with van der Waals surface area (Å²) < 4.78 is 10.8. The van der Waals surface area contributed by atoms with Gasteiger partial charge in [0.2, 0.25) is 0 Å². The summed E-state index contributed by atoms with van der Waals surface area (Å²) in [5.74, 6) is 1.91. The van der Waals surface area contributed by atoms with Gasteiger partial charge in [-0.15, -0.1) is 0 Å². The summed E-state index contributed by atoms with van der Waals surface area (Å²) in [6, 6.07) is 12.4. The number of hydrogen-bond acceptors (Lipinski definition) is 3. The van der Waals surface area contributed by atoms with Gasteiger partial charge in [0, 0.05) is 6.07 Å². The van der Waals surface area contributed by atoms with Crippen molar-refractivity contribution in [1.82, 2.24) is 0 Å². The molecule has 0 saturated carbocycles. The minimum Gasteiger partial charge on any atom is -0.497 e. The number of rotatable bonds is 4. The normalized spacial score (nSPS) is 10.2. The largest absolute Gasteiger partial charge is 0.497 e. The molecule has 0 heterocycles. The summed E-state index contributed by atoms with van der Waals surface area (Å²) in [4.78, 5) is 0. The lowest BCUT2D eigenvalue weighted by atomic mass is 10.2. The zero-order chi connectivity index (χ0) is 13.0. The van der Waals surface area contributed by atoms with Crippen molar-refractivity contribution in [2.75, 3.05) is 7.11 Å². The summed E-state index contributed by atoms with van der Waals surface area (Å²) >= 11 is 6.06. The van der Waals surface area contributed by atoms with Crippen LogP contribution < -0.4 is 9.47 Å². The van der Waals surface area contributed by atoms with Gasteiger partial charge in [-0.05, 0) is 29.8 Å². The maximum atomic E-state index is 8.99. The second-order valence-corrected chi connectivity index (χ2v) is 4.11. The van der Waals surface area contributed by atoms with Crippen LogP contribution in [0, 0.1) is 0 Å². The van der Waals surface area contributed by atoms with E-state index >= 15 is 0 Å². The molecular weight excluding hydrogens is 252 g/mol. The van der Waals surface area contributed by atoms with Crippen molar-refractivity contribution >= 4 is 11.6 Å². The monoisotopic (exact) mass is 264 g/mol. The third-order valence-electron chi connectivity index (χ3n) is 2.45. The molecule has 0 amide bonds. The van der Waals surface area contributed by atoms with Crippen LogP contribution in [0.1, 0.15) is 5.56 Å². The Kier molecular flexibility index (Phi) is 4.07. The fourth-order valence-corrected chi connectivity index (χ4v) is 1.76. The second kappa shape index (κ2) is 5.76. The van der Waals surface area contributed by atoms with E-state index in [-0.39, 0.29) is 6.61 Å². The van der Waals surface area contributed by atoms with E-state index in [1.165, 1.54) is 0 Å². The Hall–Kier alpha value is -1.71. The summed E-state index contributed by atoms with van der Waals surface area (Å²) in [6.45, 7) is -0.0425. The van der Waals surface area contributed by atoms with Crippen molar-refractivity contribution in [2.24, 2.45) is 0 Å². The third-order valence-corrected chi connectivity index (χ3v) is 2.74. The molecule has 0 atom stereocenters. The number of benzene rings is 2. The number of aliphatic hydroxyl groups excluding tert-OH is 1. The van der Waals surface area contributed by atoms with E-state index in [4.69, 9.17) is 26.2 Å². The molecular formula is C14H13ClO3. The van der Waals surface area contributed by atoms with Crippen LogP contribution >= 0.6 is 11.6 Å². The van der Waals surface area contributed by atoms with Gasteiger partial charge in [0.25, 0.3) is 0 Å². The van der Waals surface area contributed by atoms with Crippen LogP contribution in [0.5, 0.6) is 17.2 Å². The van der Waals surface area contributed by atoms with Crippen molar-refractivity contribution in [1.29, 1.82) is 0 Å². The highest BCUT2D eigenvalue weighted by atomic mass is 35.5. The quantitative estimate of drug-likeness (QED) is 0.916. The van der Waals surface area contributed by atoms with E-state index in [9.17, 15) is 0 Å².